The van der Waals surface area contributed by atoms with Gasteiger partial charge in [0.1, 0.15) is 5.75 Å². The Labute approximate surface area is 107 Å². The fraction of sp³-hybridized carbons (Fsp3) is 0.462. The highest BCUT2D eigenvalue weighted by Gasteiger charge is 2.23. The number of hydrogen-bond acceptors (Lipinski definition) is 3. The summed E-state index contributed by atoms with van der Waals surface area (Å²) in [4.78, 5) is 11.8. The van der Waals surface area contributed by atoms with Gasteiger partial charge in [-0.25, -0.2) is 0 Å². The molecular formula is C13H17ClO3. The summed E-state index contributed by atoms with van der Waals surface area (Å²) in [6, 6.07) is 5.26. The van der Waals surface area contributed by atoms with Gasteiger partial charge in [0.05, 0.1) is 19.6 Å². The molecule has 0 aliphatic rings. The summed E-state index contributed by atoms with van der Waals surface area (Å²) >= 11 is 5.95. The summed E-state index contributed by atoms with van der Waals surface area (Å²) in [5, 5.41) is 0.587. The summed E-state index contributed by atoms with van der Waals surface area (Å²) < 4.78 is 10.3. The fourth-order valence-electron chi connectivity index (χ4n) is 1.73. The van der Waals surface area contributed by atoms with E-state index in [1.807, 2.05) is 6.92 Å². The molecule has 3 nitrogen and oxygen atoms in total. The highest BCUT2D eigenvalue weighted by atomic mass is 35.5. The number of ether oxygens (including phenoxy) is 2. The van der Waals surface area contributed by atoms with Gasteiger partial charge in [-0.15, -0.1) is 0 Å². The highest BCUT2D eigenvalue weighted by Crippen LogP contribution is 2.32. The van der Waals surface area contributed by atoms with Gasteiger partial charge in [-0.2, -0.15) is 0 Å². The molecule has 0 N–H and O–H groups in total. The molecule has 1 atom stereocenters. The van der Waals surface area contributed by atoms with E-state index >= 15 is 0 Å². The molecular weight excluding hydrogens is 240 g/mol. The third-order valence-electron chi connectivity index (χ3n) is 2.55. The zero-order chi connectivity index (χ0) is 12.8. The van der Waals surface area contributed by atoms with Crippen molar-refractivity contribution >= 4 is 17.6 Å². The van der Waals surface area contributed by atoms with Crippen LogP contribution in [0.4, 0.5) is 0 Å². The van der Waals surface area contributed by atoms with Gasteiger partial charge in [-0.05, 0) is 31.5 Å². The standard InChI is InChI=1S/C13H17ClO3/c1-4-10(13(15)17-5-2)11-8-9(14)6-7-12(11)16-3/h6-8,10H,4-5H2,1-3H3. The first-order valence-corrected chi connectivity index (χ1v) is 6.01. The van der Waals surface area contributed by atoms with Crippen LogP contribution in [-0.4, -0.2) is 19.7 Å². The first-order chi connectivity index (χ1) is 8.13. The topological polar surface area (TPSA) is 35.5 Å². The molecule has 1 aromatic rings. The minimum Gasteiger partial charge on any atom is -0.496 e. The van der Waals surface area contributed by atoms with Gasteiger partial charge in [0, 0.05) is 10.6 Å². The quantitative estimate of drug-likeness (QED) is 0.758. The molecule has 0 spiro atoms. The summed E-state index contributed by atoms with van der Waals surface area (Å²) in [6.07, 6.45) is 0.648. The predicted molar refractivity (Wildman–Crippen MR) is 67.7 cm³/mol. The monoisotopic (exact) mass is 256 g/mol. The average Bonchev–Trinajstić information content (AvgIpc) is 2.31. The molecule has 0 aliphatic carbocycles. The minimum atomic E-state index is -0.330. The molecule has 0 fully saturated rings. The Morgan fingerprint density at radius 1 is 1.41 bits per heavy atom. The van der Waals surface area contributed by atoms with Crippen LogP contribution in [-0.2, 0) is 9.53 Å². The van der Waals surface area contributed by atoms with Crippen molar-refractivity contribution in [3.8, 4) is 5.75 Å². The molecule has 0 amide bonds. The van der Waals surface area contributed by atoms with E-state index in [1.54, 1.807) is 32.2 Å². The van der Waals surface area contributed by atoms with E-state index in [0.717, 1.165) is 5.56 Å². The number of esters is 1. The Balaban J connectivity index is 3.09. The number of methoxy groups -OCH3 is 1. The molecule has 1 rings (SSSR count). The van der Waals surface area contributed by atoms with Crippen LogP contribution >= 0.6 is 11.6 Å². The Morgan fingerprint density at radius 2 is 2.12 bits per heavy atom. The maximum absolute atomic E-state index is 11.8. The van der Waals surface area contributed by atoms with Crippen LogP contribution in [0.5, 0.6) is 5.75 Å². The summed E-state index contributed by atoms with van der Waals surface area (Å²) in [7, 11) is 1.57. The van der Waals surface area contributed by atoms with Crippen LogP contribution < -0.4 is 4.74 Å². The largest absolute Gasteiger partial charge is 0.496 e. The van der Waals surface area contributed by atoms with Gasteiger partial charge in [0.25, 0.3) is 0 Å². The molecule has 0 saturated heterocycles. The van der Waals surface area contributed by atoms with E-state index in [1.165, 1.54) is 0 Å². The molecule has 94 valence electrons. The smallest absolute Gasteiger partial charge is 0.313 e. The van der Waals surface area contributed by atoms with Crippen LogP contribution in [0.1, 0.15) is 31.7 Å². The molecule has 17 heavy (non-hydrogen) atoms. The van der Waals surface area contributed by atoms with E-state index in [9.17, 15) is 4.79 Å². The second-order valence-electron chi connectivity index (χ2n) is 3.60. The van der Waals surface area contributed by atoms with E-state index in [-0.39, 0.29) is 11.9 Å². The van der Waals surface area contributed by atoms with Gasteiger partial charge in [0.2, 0.25) is 0 Å². The molecule has 1 aromatic carbocycles. The molecule has 0 radical (unpaired) electrons. The Kier molecular flexibility index (Phi) is 5.29. The summed E-state index contributed by atoms with van der Waals surface area (Å²) in [5.41, 5.74) is 0.779. The lowest BCUT2D eigenvalue weighted by molar-refractivity contribution is -0.145. The number of carbonyl (C=O) groups is 1. The van der Waals surface area contributed by atoms with Crippen LogP contribution in [0.25, 0.3) is 0 Å². The fourth-order valence-corrected chi connectivity index (χ4v) is 1.91. The first kappa shape index (κ1) is 13.8. The SMILES string of the molecule is CCOC(=O)C(CC)c1cc(Cl)ccc1OC. The zero-order valence-electron chi connectivity index (χ0n) is 10.3. The first-order valence-electron chi connectivity index (χ1n) is 5.64. The van der Waals surface area contributed by atoms with Crippen LogP contribution in [0.15, 0.2) is 18.2 Å². The summed E-state index contributed by atoms with van der Waals surface area (Å²) in [5.74, 6) is 0.0912. The number of halogens is 1. The maximum Gasteiger partial charge on any atom is 0.313 e. The van der Waals surface area contributed by atoms with Crippen molar-refractivity contribution in [2.24, 2.45) is 0 Å². The van der Waals surface area contributed by atoms with Crippen LogP contribution in [0.3, 0.4) is 0 Å². The molecule has 0 saturated carbocycles. The van der Waals surface area contributed by atoms with Crippen molar-refractivity contribution in [2.45, 2.75) is 26.2 Å². The van der Waals surface area contributed by atoms with Crippen molar-refractivity contribution in [3.05, 3.63) is 28.8 Å². The molecule has 4 heteroatoms. The molecule has 0 bridgehead atoms. The van der Waals surface area contributed by atoms with Crippen LogP contribution in [0.2, 0.25) is 5.02 Å². The third kappa shape index (κ3) is 3.37. The van der Waals surface area contributed by atoms with Gasteiger partial charge >= 0.3 is 5.97 Å². The Bertz CT molecular complexity index is 390. The van der Waals surface area contributed by atoms with Crippen molar-refractivity contribution < 1.29 is 14.3 Å². The Hall–Kier alpha value is -1.22. The van der Waals surface area contributed by atoms with Crippen LogP contribution in [0, 0.1) is 0 Å². The van der Waals surface area contributed by atoms with Crippen molar-refractivity contribution in [1.29, 1.82) is 0 Å². The number of hydrogen-bond donors (Lipinski definition) is 0. The zero-order valence-corrected chi connectivity index (χ0v) is 11.1. The number of benzene rings is 1. The van der Waals surface area contributed by atoms with Gasteiger partial charge in [0.15, 0.2) is 0 Å². The van der Waals surface area contributed by atoms with Crippen molar-refractivity contribution in [2.75, 3.05) is 13.7 Å². The Morgan fingerprint density at radius 3 is 2.65 bits per heavy atom. The lowest BCUT2D eigenvalue weighted by atomic mass is 9.95. The molecule has 0 aliphatic heterocycles. The molecule has 0 aromatic heterocycles. The molecule has 1 unspecified atom stereocenters. The van der Waals surface area contributed by atoms with Gasteiger partial charge in [-0.1, -0.05) is 18.5 Å². The second kappa shape index (κ2) is 6.50. The maximum atomic E-state index is 11.8. The summed E-state index contributed by atoms with van der Waals surface area (Å²) in [6.45, 7) is 4.10. The van der Waals surface area contributed by atoms with Gasteiger partial charge in [-0.3, -0.25) is 4.79 Å². The van der Waals surface area contributed by atoms with Gasteiger partial charge < -0.3 is 9.47 Å². The second-order valence-corrected chi connectivity index (χ2v) is 4.04. The minimum absolute atomic E-state index is 0.240. The normalized spacial score (nSPS) is 12.0. The van der Waals surface area contributed by atoms with Crippen molar-refractivity contribution in [3.63, 3.8) is 0 Å². The molecule has 0 heterocycles. The van der Waals surface area contributed by atoms with E-state index < -0.39 is 0 Å². The lowest BCUT2D eigenvalue weighted by Gasteiger charge is -2.17. The average molecular weight is 257 g/mol. The third-order valence-corrected chi connectivity index (χ3v) is 2.78. The lowest BCUT2D eigenvalue weighted by Crippen LogP contribution is -2.16. The van der Waals surface area contributed by atoms with E-state index in [2.05, 4.69) is 0 Å². The van der Waals surface area contributed by atoms with Crippen molar-refractivity contribution in [1.82, 2.24) is 0 Å². The predicted octanol–water partition coefficient (Wildman–Crippen LogP) is 3.41. The number of rotatable bonds is 5. The number of carbonyl (C=O) groups excluding carboxylic acids is 1. The highest BCUT2D eigenvalue weighted by molar-refractivity contribution is 6.30. The van der Waals surface area contributed by atoms with E-state index in [0.29, 0.717) is 23.8 Å². The van der Waals surface area contributed by atoms with E-state index in [4.69, 9.17) is 21.1 Å².